The van der Waals surface area contributed by atoms with Gasteiger partial charge in [0, 0.05) is 24.7 Å². The molecule has 152 valence electrons. The molecule has 0 spiro atoms. The average Bonchev–Trinajstić information content (AvgIpc) is 3.37. The Balaban J connectivity index is 0.00000364. The van der Waals surface area contributed by atoms with Crippen LogP contribution in [0.2, 0.25) is 0 Å². The van der Waals surface area contributed by atoms with Gasteiger partial charge in [-0.1, -0.05) is 12.1 Å². The van der Waals surface area contributed by atoms with Crippen molar-refractivity contribution in [3.05, 3.63) is 29.8 Å². The van der Waals surface area contributed by atoms with E-state index in [1.807, 2.05) is 24.3 Å². The average molecular weight is 488 g/mol. The van der Waals surface area contributed by atoms with Crippen LogP contribution in [-0.4, -0.2) is 43.1 Å². The Bertz CT molecular complexity index is 607. The molecule has 1 fully saturated rings. The molecule has 1 aliphatic carbocycles. The fraction of sp³-hybridized carbons (Fsp3) is 0.600. The second kappa shape index (κ2) is 11.4. The van der Waals surface area contributed by atoms with Crippen LogP contribution in [0.3, 0.4) is 0 Å². The maximum absolute atomic E-state index is 11.6. The number of nitrogens with zero attached hydrogens (tertiary/aromatic N) is 1. The second-order valence-corrected chi connectivity index (χ2v) is 7.66. The van der Waals surface area contributed by atoms with E-state index in [9.17, 15) is 4.79 Å². The van der Waals surface area contributed by atoms with E-state index >= 15 is 0 Å². The van der Waals surface area contributed by atoms with Gasteiger partial charge in [0.25, 0.3) is 5.91 Å². The molecule has 0 atom stereocenters. The van der Waals surface area contributed by atoms with E-state index in [2.05, 4.69) is 48.6 Å². The molecule has 0 aromatic heterocycles. The van der Waals surface area contributed by atoms with Gasteiger partial charge in [0.15, 0.2) is 12.6 Å². The molecular formula is C20H33IN4O2. The summed E-state index contributed by atoms with van der Waals surface area (Å²) in [5, 5.41) is 9.55. The monoisotopic (exact) mass is 488 g/mol. The number of carbonyl (C=O) groups excluding carboxylic acids is 1. The van der Waals surface area contributed by atoms with Gasteiger partial charge in [0.1, 0.15) is 5.75 Å². The van der Waals surface area contributed by atoms with Gasteiger partial charge in [0.2, 0.25) is 0 Å². The number of guanidine groups is 1. The van der Waals surface area contributed by atoms with Crippen molar-refractivity contribution in [1.29, 1.82) is 0 Å². The predicted molar refractivity (Wildman–Crippen MR) is 121 cm³/mol. The number of hydrogen-bond donors (Lipinski definition) is 3. The summed E-state index contributed by atoms with van der Waals surface area (Å²) in [6.07, 6.45) is 3.02. The number of amides is 1. The highest BCUT2D eigenvalue weighted by molar-refractivity contribution is 14.0. The number of nitrogens with one attached hydrogen (secondary N) is 3. The third-order valence-corrected chi connectivity index (χ3v) is 3.74. The Kier molecular flexibility index (Phi) is 9.90. The quantitative estimate of drug-likeness (QED) is 0.299. The number of rotatable bonds is 8. The largest absolute Gasteiger partial charge is 0.484 e. The van der Waals surface area contributed by atoms with E-state index in [0.717, 1.165) is 31.8 Å². The molecule has 0 radical (unpaired) electrons. The molecule has 0 unspecified atom stereocenters. The van der Waals surface area contributed by atoms with Crippen LogP contribution in [-0.2, 0) is 11.2 Å². The molecular weight excluding hydrogens is 455 g/mol. The summed E-state index contributed by atoms with van der Waals surface area (Å²) in [6.45, 7) is 10.0. The third kappa shape index (κ3) is 10.4. The minimum absolute atomic E-state index is 0. The molecule has 0 bridgehead atoms. The van der Waals surface area contributed by atoms with Crippen molar-refractivity contribution in [3.8, 4) is 5.75 Å². The van der Waals surface area contributed by atoms with Gasteiger partial charge < -0.3 is 20.7 Å². The molecule has 6 nitrogen and oxygen atoms in total. The van der Waals surface area contributed by atoms with Crippen molar-refractivity contribution >= 4 is 35.8 Å². The SMILES string of the molecule is CCNC(=NCCc1ccc(OCC(=O)NC2CC2)cc1)NC(C)(C)C.I. The predicted octanol–water partition coefficient (Wildman–Crippen LogP) is 2.86. The van der Waals surface area contributed by atoms with Crippen LogP contribution in [0, 0.1) is 0 Å². The third-order valence-electron chi connectivity index (χ3n) is 3.74. The second-order valence-electron chi connectivity index (χ2n) is 7.66. The fourth-order valence-corrected chi connectivity index (χ4v) is 2.36. The first-order valence-electron chi connectivity index (χ1n) is 9.43. The molecule has 1 saturated carbocycles. The Labute approximate surface area is 179 Å². The van der Waals surface area contributed by atoms with E-state index in [0.29, 0.717) is 18.3 Å². The highest BCUT2D eigenvalue weighted by Crippen LogP contribution is 2.18. The number of ether oxygens (including phenoxy) is 1. The summed E-state index contributed by atoms with van der Waals surface area (Å²) in [4.78, 5) is 16.2. The van der Waals surface area contributed by atoms with Gasteiger partial charge in [-0.15, -0.1) is 24.0 Å². The first kappa shape index (κ1) is 23.5. The number of carbonyl (C=O) groups is 1. The van der Waals surface area contributed by atoms with Crippen LogP contribution in [0.25, 0.3) is 0 Å². The number of halogens is 1. The Morgan fingerprint density at radius 1 is 1.22 bits per heavy atom. The molecule has 1 aromatic rings. The maximum Gasteiger partial charge on any atom is 0.258 e. The Hall–Kier alpha value is -1.51. The van der Waals surface area contributed by atoms with Crippen LogP contribution in [0.4, 0.5) is 0 Å². The minimum atomic E-state index is -0.0479. The summed E-state index contributed by atoms with van der Waals surface area (Å²) >= 11 is 0. The molecule has 0 heterocycles. The first-order chi connectivity index (χ1) is 12.4. The molecule has 1 aromatic carbocycles. The van der Waals surface area contributed by atoms with Crippen molar-refractivity contribution in [1.82, 2.24) is 16.0 Å². The topological polar surface area (TPSA) is 74.8 Å². The lowest BCUT2D eigenvalue weighted by Gasteiger charge is -2.23. The van der Waals surface area contributed by atoms with Crippen LogP contribution < -0.4 is 20.7 Å². The maximum atomic E-state index is 11.6. The molecule has 2 rings (SSSR count). The van der Waals surface area contributed by atoms with Crippen molar-refractivity contribution < 1.29 is 9.53 Å². The first-order valence-corrected chi connectivity index (χ1v) is 9.43. The van der Waals surface area contributed by atoms with Crippen LogP contribution in [0.15, 0.2) is 29.3 Å². The van der Waals surface area contributed by atoms with Gasteiger partial charge in [-0.05, 0) is 64.7 Å². The lowest BCUT2D eigenvalue weighted by molar-refractivity contribution is -0.123. The van der Waals surface area contributed by atoms with E-state index in [1.54, 1.807) is 0 Å². The van der Waals surface area contributed by atoms with Crippen LogP contribution in [0.5, 0.6) is 5.75 Å². The number of benzene rings is 1. The summed E-state index contributed by atoms with van der Waals surface area (Å²) in [5.41, 5.74) is 1.17. The van der Waals surface area contributed by atoms with Gasteiger partial charge in [0.05, 0.1) is 0 Å². The summed E-state index contributed by atoms with van der Waals surface area (Å²) < 4.78 is 5.52. The Morgan fingerprint density at radius 3 is 2.44 bits per heavy atom. The van der Waals surface area contributed by atoms with E-state index in [1.165, 1.54) is 5.56 Å². The summed E-state index contributed by atoms with van der Waals surface area (Å²) in [5.74, 6) is 1.50. The molecule has 1 amide bonds. The highest BCUT2D eigenvalue weighted by atomic mass is 127. The zero-order valence-electron chi connectivity index (χ0n) is 16.8. The molecule has 27 heavy (non-hydrogen) atoms. The van der Waals surface area contributed by atoms with Gasteiger partial charge in [-0.2, -0.15) is 0 Å². The van der Waals surface area contributed by atoms with E-state index in [4.69, 9.17) is 4.74 Å². The molecule has 1 aliphatic rings. The zero-order chi connectivity index (χ0) is 19.0. The lowest BCUT2D eigenvalue weighted by Crippen LogP contribution is -2.47. The number of hydrogen-bond acceptors (Lipinski definition) is 3. The van der Waals surface area contributed by atoms with Crippen LogP contribution in [0.1, 0.15) is 46.1 Å². The normalized spacial score (nSPS) is 14.1. The lowest BCUT2D eigenvalue weighted by atomic mass is 10.1. The highest BCUT2D eigenvalue weighted by Gasteiger charge is 2.23. The standard InChI is InChI=1S/C20H32N4O2.HI/c1-5-21-19(24-20(2,3)4)22-13-12-15-6-10-17(11-7-15)26-14-18(25)23-16-8-9-16;/h6-7,10-11,16H,5,8-9,12-14H2,1-4H3,(H,23,25)(H2,21,22,24);1H. The smallest absolute Gasteiger partial charge is 0.258 e. The van der Waals surface area contributed by atoms with Gasteiger partial charge >= 0.3 is 0 Å². The van der Waals surface area contributed by atoms with Gasteiger partial charge in [-0.3, -0.25) is 9.79 Å². The summed E-state index contributed by atoms with van der Waals surface area (Å²) in [7, 11) is 0. The van der Waals surface area contributed by atoms with E-state index < -0.39 is 0 Å². The molecule has 0 saturated heterocycles. The molecule has 7 heteroatoms. The van der Waals surface area contributed by atoms with Crippen molar-refractivity contribution in [3.63, 3.8) is 0 Å². The van der Waals surface area contributed by atoms with Crippen molar-refractivity contribution in [2.24, 2.45) is 4.99 Å². The molecule has 0 aliphatic heterocycles. The van der Waals surface area contributed by atoms with Gasteiger partial charge in [-0.25, -0.2) is 0 Å². The van der Waals surface area contributed by atoms with E-state index in [-0.39, 0.29) is 42.0 Å². The Morgan fingerprint density at radius 2 is 1.89 bits per heavy atom. The molecule has 3 N–H and O–H groups in total. The minimum Gasteiger partial charge on any atom is -0.484 e. The van der Waals surface area contributed by atoms with Crippen molar-refractivity contribution in [2.75, 3.05) is 19.7 Å². The number of aliphatic imine (C=N–C) groups is 1. The zero-order valence-corrected chi connectivity index (χ0v) is 19.1. The van der Waals surface area contributed by atoms with Crippen molar-refractivity contribution in [2.45, 2.75) is 58.5 Å². The van der Waals surface area contributed by atoms with Crippen LogP contribution >= 0.6 is 24.0 Å². The summed E-state index contributed by atoms with van der Waals surface area (Å²) in [6, 6.07) is 8.22. The fourth-order valence-electron chi connectivity index (χ4n) is 2.36.